The Hall–Kier alpha value is -3.13. The first-order valence-corrected chi connectivity index (χ1v) is 10.2. The van der Waals surface area contributed by atoms with Crippen molar-refractivity contribution in [2.24, 2.45) is 0 Å². The van der Waals surface area contributed by atoms with Crippen LogP contribution in [0.15, 0.2) is 48.5 Å². The number of amides is 2. The van der Waals surface area contributed by atoms with E-state index in [0.29, 0.717) is 22.9 Å². The molecule has 0 spiro atoms. The maximum atomic E-state index is 12.7. The van der Waals surface area contributed by atoms with Gasteiger partial charge in [0.15, 0.2) is 0 Å². The molecule has 0 saturated carbocycles. The monoisotopic (exact) mass is 411 g/mol. The van der Waals surface area contributed by atoms with Gasteiger partial charge in [-0.2, -0.15) is 0 Å². The van der Waals surface area contributed by atoms with Crippen molar-refractivity contribution >= 4 is 41.0 Å². The minimum atomic E-state index is -0.546. The Labute approximate surface area is 172 Å². The van der Waals surface area contributed by atoms with E-state index in [2.05, 4.69) is 5.32 Å². The predicted octanol–water partition coefficient (Wildman–Crippen LogP) is 3.77. The normalized spacial score (nSPS) is 16.2. The number of nitrogens with zero attached hydrogens (tertiary/aromatic N) is 2. The zero-order valence-electron chi connectivity index (χ0n) is 16.1. The number of nitro groups is 1. The average molecular weight is 411 g/mol. The Bertz CT molecular complexity index is 972. The van der Waals surface area contributed by atoms with Crippen molar-refractivity contribution in [1.29, 1.82) is 0 Å². The van der Waals surface area contributed by atoms with Gasteiger partial charge >= 0.3 is 0 Å². The van der Waals surface area contributed by atoms with Gasteiger partial charge in [-0.3, -0.25) is 19.7 Å². The van der Waals surface area contributed by atoms with Crippen molar-refractivity contribution in [3.05, 3.63) is 75.3 Å². The number of non-ortho nitro benzene ring substituents is 1. The molecule has 150 valence electrons. The minimum Gasteiger partial charge on any atom is -0.324 e. The lowest BCUT2D eigenvalue weighted by molar-refractivity contribution is -0.384. The third kappa shape index (κ3) is 5.03. The summed E-state index contributed by atoms with van der Waals surface area (Å²) in [4.78, 5) is 37.1. The van der Waals surface area contributed by atoms with Crippen molar-refractivity contribution < 1.29 is 14.5 Å². The van der Waals surface area contributed by atoms with Crippen molar-refractivity contribution in [1.82, 2.24) is 4.90 Å². The first-order chi connectivity index (χ1) is 13.8. The highest BCUT2D eigenvalue weighted by molar-refractivity contribution is 7.99. The number of hydrogen-bond donors (Lipinski definition) is 1. The number of thioether (sulfide) groups is 1. The van der Waals surface area contributed by atoms with E-state index in [-0.39, 0.29) is 17.5 Å². The molecule has 1 N–H and O–H groups in total. The van der Waals surface area contributed by atoms with Crippen LogP contribution >= 0.6 is 11.8 Å². The molecule has 0 bridgehead atoms. The predicted molar refractivity (Wildman–Crippen MR) is 115 cm³/mol. The maximum absolute atomic E-state index is 12.7. The van der Waals surface area contributed by atoms with Gasteiger partial charge in [-0.1, -0.05) is 6.07 Å². The highest BCUT2D eigenvalue weighted by Gasteiger charge is 2.33. The van der Waals surface area contributed by atoms with Crippen molar-refractivity contribution in [3.63, 3.8) is 0 Å². The lowest BCUT2D eigenvalue weighted by atomic mass is 10.1. The zero-order valence-corrected chi connectivity index (χ0v) is 16.9. The number of nitro benzene ring substituents is 1. The molecule has 7 nitrogen and oxygen atoms in total. The van der Waals surface area contributed by atoms with E-state index in [1.807, 2.05) is 32.0 Å². The van der Waals surface area contributed by atoms with E-state index in [0.717, 1.165) is 11.1 Å². The van der Waals surface area contributed by atoms with Crippen LogP contribution in [0.5, 0.6) is 0 Å². The Morgan fingerprint density at radius 2 is 1.90 bits per heavy atom. The van der Waals surface area contributed by atoms with Crippen LogP contribution in [-0.4, -0.2) is 39.3 Å². The van der Waals surface area contributed by atoms with E-state index in [1.54, 1.807) is 18.2 Å². The summed E-state index contributed by atoms with van der Waals surface area (Å²) >= 11 is 1.53. The van der Waals surface area contributed by atoms with Gasteiger partial charge in [0.05, 0.1) is 10.8 Å². The highest BCUT2D eigenvalue weighted by Crippen LogP contribution is 2.23. The first-order valence-electron chi connectivity index (χ1n) is 9.04. The smallest absolute Gasteiger partial charge is 0.269 e. The van der Waals surface area contributed by atoms with Gasteiger partial charge in [0.2, 0.25) is 11.8 Å². The Balaban J connectivity index is 1.65. The fraction of sp³-hybridized carbons (Fsp3) is 0.238. The van der Waals surface area contributed by atoms with Crippen LogP contribution in [0.4, 0.5) is 11.4 Å². The summed E-state index contributed by atoms with van der Waals surface area (Å²) in [6.45, 7) is 3.99. The van der Waals surface area contributed by atoms with Crippen LogP contribution in [0.25, 0.3) is 6.08 Å². The molecule has 0 radical (unpaired) electrons. The number of rotatable bonds is 5. The second kappa shape index (κ2) is 8.91. The Kier molecular flexibility index (Phi) is 6.33. The zero-order chi connectivity index (χ0) is 21.0. The molecular formula is C21H21N3O4S. The Morgan fingerprint density at radius 1 is 1.17 bits per heavy atom. The second-order valence-corrected chi connectivity index (χ2v) is 7.79. The number of anilines is 1. The van der Waals surface area contributed by atoms with Crippen molar-refractivity contribution in [2.45, 2.75) is 19.9 Å². The molecule has 1 aliphatic rings. The lowest BCUT2D eigenvalue weighted by Crippen LogP contribution is -2.43. The number of nitrogens with one attached hydrogen (secondary N) is 1. The number of benzene rings is 2. The van der Waals surface area contributed by atoms with Gasteiger partial charge in [-0.15, -0.1) is 11.8 Å². The summed E-state index contributed by atoms with van der Waals surface area (Å²) in [6, 6.07) is 11.1. The van der Waals surface area contributed by atoms with Gasteiger partial charge in [-0.25, -0.2) is 0 Å². The van der Waals surface area contributed by atoms with E-state index in [4.69, 9.17) is 0 Å². The van der Waals surface area contributed by atoms with Crippen LogP contribution in [-0.2, 0) is 9.59 Å². The maximum Gasteiger partial charge on any atom is 0.269 e. The number of carbonyl (C=O) groups is 2. The largest absolute Gasteiger partial charge is 0.324 e. The molecule has 3 rings (SSSR count). The van der Waals surface area contributed by atoms with Gasteiger partial charge in [0.1, 0.15) is 6.04 Å². The van der Waals surface area contributed by atoms with Crippen LogP contribution < -0.4 is 5.32 Å². The molecule has 1 heterocycles. The highest BCUT2D eigenvalue weighted by atomic mass is 32.2. The molecule has 2 amide bonds. The molecule has 1 fully saturated rings. The van der Waals surface area contributed by atoms with Crippen molar-refractivity contribution in [2.75, 3.05) is 16.9 Å². The summed E-state index contributed by atoms with van der Waals surface area (Å²) in [5, 5.41) is 13.6. The summed E-state index contributed by atoms with van der Waals surface area (Å²) < 4.78 is 0. The fourth-order valence-corrected chi connectivity index (χ4v) is 4.06. The molecule has 29 heavy (non-hydrogen) atoms. The topological polar surface area (TPSA) is 92.6 Å². The van der Waals surface area contributed by atoms with E-state index in [9.17, 15) is 19.7 Å². The summed E-state index contributed by atoms with van der Waals surface area (Å²) in [5.74, 6) is 0.492. The molecule has 1 unspecified atom stereocenters. The summed E-state index contributed by atoms with van der Waals surface area (Å²) in [5.41, 5.74) is 3.61. The van der Waals surface area contributed by atoms with Gasteiger partial charge in [-0.05, 0) is 60.9 Å². The van der Waals surface area contributed by atoms with Crippen LogP contribution in [0.1, 0.15) is 16.7 Å². The SMILES string of the molecule is Cc1ccc(NC(=O)C2CSCN2C(=O)/C=C/c2ccc([N+](=O)[O-])cc2)cc1C. The first kappa shape index (κ1) is 20.6. The van der Waals surface area contributed by atoms with E-state index < -0.39 is 11.0 Å². The number of hydrogen-bond acceptors (Lipinski definition) is 5. The number of aryl methyl sites for hydroxylation is 2. The molecule has 1 aliphatic heterocycles. The molecule has 8 heteroatoms. The van der Waals surface area contributed by atoms with Crippen LogP contribution in [0, 0.1) is 24.0 Å². The van der Waals surface area contributed by atoms with Gasteiger partial charge < -0.3 is 10.2 Å². The molecule has 2 aromatic carbocycles. The molecule has 2 aromatic rings. The Morgan fingerprint density at radius 3 is 2.55 bits per heavy atom. The summed E-state index contributed by atoms with van der Waals surface area (Å²) in [7, 11) is 0. The summed E-state index contributed by atoms with van der Waals surface area (Å²) in [6.07, 6.45) is 2.98. The van der Waals surface area contributed by atoms with Crippen LogP contribution in [0.3, 0.4) is 0 Å². The third-order valence-electron chi connectivity index (χ3n) is 4.76. The molecule has 0 aromatic heterocycles. The standard InChI is InChI=1S/C21H21N3O4S/c1-14-3-7-17(11-15(14)2)22-21(26)19-12-29-13-23(19)20(25)10-6-16-4-8-18(9-5-16)24(27)28/h3-11,19H,12-13H2,1-2H3,(H,22,26)/b10-6+. The van der Waals surface area contributed by atoms with Crippen molar-refractivity contribution in [3.8, 4) is 0 Å². The molecule has 1 saturated heterocycles. The number of carbonyl (C=O) groups excluding carboxylic acids is 2. The minimum absolute atomic E-state index is 0.00695. The van der Waals surface area contributed by atoms with E-state index in [1.165, 1.54) is 34.9 Å². The van der Waals surface area contributed by atoms with Crippen LogP contribution in [0.2, 0.25) is 0 Å². The quantitative estimate of drug-likeness (QED) is 0.459. The second-order valence-electron chi connectivity index (χ2n) is 6.79. The third-order valence-corrected chi connectivity index (χ3v) is 5.78. The fourth-order valence-electron chi connectivity index (χ4n) is 2.89. The van der Waals surface area contributed by atoms with E-state index >= 15 is 0 Å². The molecular weight excluding hydrogens is 390 g/mol. The average Bonchev–Trinajstić information content (AvgIpc) is 3.19. The van der Waals surface area contributed by atoms with Gasteiger partial charge in [0.25, 0.3) is 5.69 Å². The lowest BCUT2D eigenvalue weighted by Gasteiger charge is -2.22. The molecule has 1 atom stereocenters. The van der Waals surface area contributed by atoms with Gasteiger partial charge in [0, 0.05) is 29.6 Å². The molecule has 0 aliphatic carbocycles.